The van der Waals surface area contributed by atoms with Gasteiger partial charge in [0.15, 0.2) is 0 Å². The van der Waals surface area contributed by atoms with Gasteiger partial charge in [0.1, 0.15) is 29.0 Å². The first-order chi connectivity index (χ1) is 18.9. The third kappa shape index (κ3) is 4.46. The Hall–Kier alpha value is -4.77. The number of hydrogen-bond donors (Lipinski definition) is 2. The van der Waals surface area contributed by atoms with Crippen LogP contribution < -0.4 is 5.73 Å². The van der Waals surface area contributed by atoms with Gasteiger partial charge in [-0.3, -0.25) is 9.78 Å². The van der Waals surface area contributed by atoms with Crippen molar-refractivity contribution in [2.45, 2.75) is 32.7 Å². The molecule has 0 unspecified atom stereocenters. The van der Waals surface area contributed by atoms with Gasteiger partial charge in [0.25, 0.3) is 5.91 Å². The fraction of sp³-hybridized carbons (Fsp3) is 0.179. The molecular weight excluding hydrogens is 504 g/mol. The van der Waals surface area contributed by atoms with Gasteiger partial charge in [-0.1, -0.05) is 12.1 Å². The smallest absolute Gasteiger partial charge is 0.271 e. The molecular formula is C28H23F2N7O2. The number of benzene rings is 1. The summed E-state index contributed by atoms with van der Waals surface area (Å²) in [5.74, 6) is -0.859. The van der Waals surface area contributed by atoms with Crippen LogP contribution in [0.4, 0.5) is 14.6 Å². The first kappa shape index (κ1) is 24.6. The van der Waals surface area contributed by atoms with E-state index in [4.69, 9.17) is 10.5 Å². The van der Waals surface area contributed by atoms with Crippen molar-refractivity contribution in [2.75, 3.05) is 5.73 Å². The molecule has 1 aliphatic heterocycles. The lowest BCUT2D eigenvalue weighted by molar-refractivity contribution is 0.0658. The zero-order chi connectivity index (χ0) is 27.1. The average molecular weight is 528 g/mol. The maximum absolute atomic E-state index is 14.3. The van der Waals surface area contributed by atoms with Crippen molar-refractivity contribution in [1.29, 1.82) is 0 Å². The number of rotatable bonds is 6. The zero-order valence-corrected chi connectivity index (χ0v) is 20.9. The van der Waals surface area contributed by atoms with E-state index in [1.807, 2.05) is 6.92 Å². The van der Waals surface area contributed by atoms with Gasteiger partial charge in [-0.25, -0.2) is 23.7 Å². The van der Waals surface area contributed by atoms with Crippen LogP contribution in [0.5, 0.6) is 0 Å². The molecule has 0 saturated heterocycles. The number of aromatic nitrogens is 5. The second kappa shape index (κ2) is 9.84. The maximum atomic E-state index is 14.3. The summed E-state index contributed by atoms with van der Waals surface area (Å²) < 4.78 is 34.1. The minimum Gasteiger partial charge on any atom is -0.383 e. The van der Waals surface area contributed by atoms with Crippen LogP contribution in [-0.2, 0) is 24.5 Å². The molecule has 1 amide bonds. The monoisotopic (exact) mass is 527 g/mol. The number of fused-ring (bicyclic) bond motifs is 3. The predicted molar refractivity (Wildman–Crippen MR) is 139 cm³/mol. The summed E-state index contributed by atoms with van der Waals surface area (Å²) in [5, 5.41) is 0. The molecule has 5 aromatic rings. The quantitative estimate of drug-likeness (QED) is 0.328. The highest BCUT2D eigenvalue weighted by Gasteiger charge is 2.28. The van der Waals surface area contributed by atoms with Gasteiger partial charge in [-0.2, -0.15) is 0 Å². The van der Waals surface area contributed by atoms with Crippen LogP contribution >= 0.6 is 0 Å². The number of carbonyl (C=O) groups is 1. The molecule has 1 atom stereocenters. The van der Waals surface area contributed by atoms with Gasteiger partial charge in [0.05, 0.1) is 48.1 Å². The molecule has 39 heavy (non-hydrogen) atoms. The van der Waals surface area contributed by atoms with Crippen molar-refractivity contribution in [1.82, 2.24) is 29.8 Å². The molecule has 1 aromatic carbocycles. The van der Waals surface area contributed by atoms with E-state index in [2.05, 4.69) is 24.9 Å². The van der Waals surface area contributed by atoms with Crippen LogP contribution in [0.2, 0.25) is 0 Å². The van der Waals surface area contributed by atoms with Crippen molar-refractivity contribution in [2.24, 2.45) is 0 Å². The Bertz CT molecular complexity index is 1670. The number of nitrogen functional groups attached to an aromatic ring is 1. The number of halogens is 2. The molecule has 0 spiro atoms. The van der Waals surface area contributed by atoms with E-state index in [1.165, 1.54) is 24.4 Å². The highest BCUT2D eigenvalue weighted by atomic mass is 19.1. The molecule has 0 aliphatic carbocycles. The minimum absolute atomic E-state index is 0.0877. The number of ether oxygens (including phenoxy) is 1. The third-order valence-electron chi connectivity index (χ3n) is 6.83. The lowest BCUT2D eigenvalue weighted by atomic mass is 10.1. The second-order valence-corrected chi connectivity index (χ2v) is 9.24. The molecule has 4 aromatic heterocycles. The molecule has 196 valence electrons. The summed E-state index contributed by atoms with van der Waals surface area (Å²) in [6, 6.07) is 9.74. The van der Waals surface area contributed by atoms with Crippen molar-refractivity contribution in [3.63, 3.8) is 0 Å². The first-order valence-electron chi connectivity index (χ1n) is 12.3. The van der Waals surface area contributed by atoms with Gasteiger partial charge in [-0.05, 0) is 37.3 Å². The van der Waals surface area contributed by atoms with E-state index in [1.54, 1.807) is 41.6 Å². The maximum Gasteiger partial charge on any atom is 0.271 e. The number of amides is 1. The summed E-state index contributed by atoms with van der Waals surface area (Å²) in [6.45, 7) is 2.66. The Kier molecular flexibility index (Phi) is 6.20. The number of H-pyrrole nitrogens is 1. The lowest BCUT2D eigenvalue weighted by Gasteiger charge is -2.27. The summed E-state index contributed by atoms with van der Waals surface area (Å²) in [4.78, 5) is 36.2. The molecule has 6 rings (SSSR count). The van der Waals surface area contributed by atoms with E-state index < -0.39 is 17.7 Å². The van der Waals surface area contributed by atoms with Crippen LogP contribution in [-0.4, -0.2) is 35.7 Å². The summed E-state index contributed by atoms with van der Waals surface area (Å²) in [5.41, 5.74) is 10.1. The van der Waals surface area contributed by atoms with Crippen LogP contribution in [0.1, 0.15) is 46.1 Å². The van der Waals surface area contributed by atoms with Gasteiger partial charge in [0, 0.05) is 35.3 Å². The molecule has 0 bridgehead atoms. The number of nitrogens with one attached hydrogen (secondary N) is 1. The predicted octanol–water partition coefficient (Wildman–Crippen LogP) is 4.71. The molecule has 0 fully saturated rings. The van der Waals surface area contributed by atoms with Gasteiger partial charge in [0.2, 0.25) is 0 Å². The molecule has 9 nitrogen and oxygen atoms in total. The normalized spacial score (nSPS) is 13.4. The largest absolute Gasteiger partial charge is 0.383 e. The number of anilines is 1. The van der Waals surface area contributed by atoms with Crippen LogP contribution in [0, 0.1) is 11.6 Å². The number of carbonyl (C=O) groups excluding carboxylic acids is 1. The average Bonchev–Trinajstić information content (AvgIpc) is 3.60. The number of aromatic amines is 1. The number of pyridine rings is 2. The summed E-state index contributed by atoms with van der Waals surface area (Å²) in [6.07, 6.45) is 4.61. The number of hydrogen-bond acceptors (Lipinski definition) is 7. The fourth-order valence-corrected chi connectivity index (χ4v) is 4.77. The number of nitrogens with zero attached hydrogens (tertiary/aromatic N) is 5. The Balaban J connectivity index is 1.35. The molecule has 1 aliphatic rings. The Labute approximate surface area is 221 Å². The SMILES string of the molecule is C[C@@H](c1ncccn1)N(Cc1ccc(-c2c(F)cccc2F)cn1)C(=O)c1cc2nc(N)c3c(c2[nH]1)COC3. The van der Waals surface area contributed by atoms with Gasteiger partial charge in [-0.15, -0.1) is 0 Å². The lowest BCUT2D eigenvalue weighted by Crippen LogP contribution is -2.34. The van der Waals surface area contributed by atoms with E-state index in [9.17, 15) is 13.6 Å². The molecule has 11 heteroatoms. The molecule has 3 N–H and O–H groups in total. The standard InChI is InChI=1S/C28H23F2N7O2/c1-15(27-32-8-3-9-33-27)37(12-17-7-6-16(11-34-17)24-20(29)4-2-5-21(24)30)28(38)23-10-22-25(35-23)18-13-39-14-19(18)26(31)36-22/h2-11,15,35H,12-14H2,1H3,(H2,31,36)/t15-/m0/s1. The highest BCUT2D eigenvalue weighted by molar-refractivity contribution is 5.98. The molecule has 0 saturated carbocycles. The van der Waals surface area contributed by atoms with Crippen molar-refractivity contribution < 1.29 is 18.3 Å². The van der Waals surface area contributed by atoms with Crippen molar-refractivity contribution >= 4 is 22.8 Å². The molecule has 5 heterocycles. The van der Waals surface area contributed by atoms with Crippen LogP contribution in [0.25, 0.3) is 22.2 Å². The van der Waals surface area contributed by atoms with E-state index in [0.29, 0.717) is 52.8 Å². The molecule has 0 radical (unpaired) electrons. The van der Waals surface area contributed by atoms with Gasteiger partial charge >= 0.3 is 0 Å². The Morgan fingerprint density at radius 1 is 1.08 bits per heavy atom. The minimum atomic E-state index is -0.679. The number of nitrogens with two attached hydrogens (primary N) is 1. The van der Waals surface area contributed by atoms with E-state index >= 15 is 0 Å². The Morgan fingerprint density at radius 3 is 2.54 bits per heavy atom. The van der Waals surface area contributed by atoms with Crippen LogP contribution in [0.15, 0.2) is 61.1 Å². The third-order valence-corrected chi connectivity index (χ3v) is 6.83. The van der Waals surface area contributed by atoms with E-state index in [0.717, 1.165) is 11.1 Å². The van der Waals surface area contributed by atoms with Gasteiger partial charge < -0.3 is 20.4 Å². The highest BCUT2D eigenvalue weighted by Crippen LogP contribution is 2.32. The summed E-state index contributed by atoms with van der Waals surface area (Å²) in [7, 11) is 0. The topological polar surface area (TPSA) is 123 Å². The zero-order valence-electron chi connectivity index (χ0n) is 20.9. The second-order valence-electron chi connectivity index (χ2n) is 9.24. The summed E-state index contributed by atoms with van der Waals surface area (Å²) >= 11 is 0. The van der Waals surface area contributed by atoms with Crippen molar-refractivity contribution in [3.05, 3.63) is 101 Å². The fourth-order valence-electron chi connectivity index (χ4n) is 4.77. The first-order valence-corrected chi connectivity index (χ1v) is 12.3. The van der Waals surface area contributed by atoms with Crippen molar-refractivity contribution in [3.8, 4) is 11.1 Å². The Morgan fingerprint density at radius 2 is 1.82 bits per heavy atom. The van der Waals surface area contributed by atoms with E-state index in [-0.39, 0.29) is 18.0 Å². The van der Waals surface area contributed by atoms with Crippen LogP contribution in [0.3, 0.4) is 0 Å².